The SMILES string of the molecule is c1ccc(-c2cc(Oc3ccncc3)n3ncnc3n2)cc1. The molecule has 22 heavy (non-hydrogen) atoms. The van der Waals surface area contributed by atoms with Crippen LogP contribution < -0.4 is 4.74 Å². The van der Waals surface area contributed by atoms with E-state index in [1.54, 1.807) is 29.0 Å². The molecule has 0 spiro atoms. The first kappa shape index (κ1) is 12.5. The predicted octanol–water partition coefficient (Wildman–Crippen LogP) is 2.98. The summed E-state index contributed by atoms with van der Waals surface area (Å²) in [6, 6.07) is 15.3. The van der Waals surface area contributed by atoms with E-state index in [-0.39, 0.29) is 0 Å². The van der Waals surface area contributed by atoms with Gasteiger partial charge in [-0.2, -0.15) is 14.6 Å². The van der Waals surface area contributed by atoms with E-state index in [9.17, 15) is 0 Å². The Morgan fingerprint density at radius 3 is 2.59 bits per heavy atom. The molecule has 0 atom stereocenters. The number of ether oxygens (including phenoxy) is 1. The molecule has 0 amide bonds. The Morgan fingerprint density at radius 1 is 0.955 bits per heavy atom. The summed E-state index contributed by atoms with van der Waals surface area (Å²) in [4.78, 5) is 12.6. The van der Waals surface area contributed by atoms with Crippen molar-refractivity contribution in [2.24, 2.45) is 0 Å². The lowest BCUT2D eigenvalue weighted by molar-refractivity contribution is 0.446. The van der Waals surface area contributed by atoms with Crippen LogP contribution in [0, 0.1) is 0 Å². The summed E-state index contributed by atoms with van der Waals surface area (Å²) in [5.41, 5.74) is 1.78. The summed E-state index contributed by atoms with van der Waals surface area (Å²) in [5.74, 6) is 1.72. The molecule has 0 aliphatic carbocycles. The summed E-state index contributed by atoms with van der Waals surface area (Å²) in [6.07, 6.45) is 4.80. The number of hydrogen-bond donors (Lipinski definition) is 0. The van der Waals surface area contributed by atoms with Gasteiger partial charge in [-0.05, 0) is 12.1 Å². The van der Waals surface area contributed by atoms with E-state index in [1.165, 1.54) is 6.33 Å². The standard InChI is InChI=1S/C16H11N5O/c1-2-4-12(5-3-1)14-10-15(21-16(20-14)18-11-19-21)22-13-6-8-17-9-7-13/h1-11H. The van der Waals surface area contributed by atoms with Crippen LogP contribution in [0.5, 0.6) is 11.6 Å². The van der Waals surface area contributed by atoms with Crippen LogP contribution in [0.25, 0.3) is 17.0 Å². The third-order valence-corrected chi connectivity index (χ3v) is 3.16. The fourth-order valence-electron chi connectivity index (χ4n) is 2.14. The molecule has 6 heteroatoms. The van der Waals surface area contributed by atoms with Crippen molar-refractivity contribution in [3.63, 3.8) is 0 Å². The van der Waals surface area contributed by atoms with Crippen molar-refractivity contribution in [1.82, 2.24) is 24.6 Å². The molecule has 0 aliphatic rings. The summed E-state index contributed by atoms with van der Waals surface area (Å²) in [7, 11) is 0. The number of fused-ring (bicyclic) bond motifs is 1. The lowest BCUT2D eigenvalue weighted by atomic mass is 10.1. The van der Waals surface area contributed by atoms with Crippen molar-refractivity contribution >= 4 is 5.78 Å². The van der Waals surface area contributed by atoms with Gasteiger partial charge in [0.1, 0.15) is 12.1 Å². The summed E-state index contributed by atoms with van der Waals surface area (Å²) in [6.45, 7) is 0. The number of nitrogens with zero attached hydrogens (tertiary/aromatic N) is 5. The Balaban J connectivity index is 1.84. The largest absolute Gasteiger partial charge is 0.439 e. The minimum absolute atomic E-state index is 0.491. The molecule has 6 nitrogen and oxygen atoms in total. The topological polar surface area (TPSA) is 65.2 Å². The highest BCUT2D eigenvalue weighted by atomic mass is 16.5. The molecular formula is C16H11N5O. The van der Waals surface area contributed by atoms with Crippen molar-refractivity contribution in [2.75, 3.05) is 0 Å². The third-order valence-electron chi connectivity index (χ3n) is 3.16. The second-order valence-electron chi connectivity index (χ2n) is 4.60. The Labute approximate surface area is 126 Å². The van der Waals surface area contributed by atoms with Crippen LogP contribution in [-0.2, 0) is 0 Å². The molecule has 4 rings (SSSR count). The smallest absolute Gasteiger partial charge is 0.255 e. The van der Waals surface area contributed by atoms with Crippen LogP contribution in [0.4, 0.5) is 0 Å². The summed E-state index contributed by atoms with van der Waals surface area (Å²) < 4.78 is 7.45. The molecule has 4 aromatic rings. The van der Waals surface area contributed by atoms with E-state index in [2.05, 4.69) is 20.1 Å². The second kappa shape index (κ2) is 5.25. The van der Waals surface area contributed by atoms with Gasteiger partial charge in [0.25, 0.3) is 5.78 Å². The molecule has 0 radical (unpaired) electrons. The second-order valence-corrected chi connectivity index (χ2v) is 4.60. The zero-order valence-electron chi connectivity index (χ0n) is 11.5. The average Bonchev–Trinajstić information content (AvgIpc) is 3.05. The maximum Gasteiger partial charge on any atom is 0.255 e. The summed E-state index contributed by atoms with van der Waals surface area (Å²) in [5, 5.41) is 4.15. The molecular weight excluding hydrogens is 278 g/mol. The lowest BCUT2D eigenvalue weighted by Crippen LogP contribution is -1.99. The normalized spacial score (nSPS) is 10.7. The molecule has 0 fully saturated rings. The van der Waals surface area contributed by atoms with Gasteiger partial charge in [0.05, 0.1) is 5.69 Å². The highest BCUT2D eigenvalue weighted by Gasteiger charge is 2.10. The van der Waals surface area contributed by atoms with Crippen molar-refractivity contribution < 1.29 is 4.74 Å². The van der Waals surface area contributed by atoms with Gasteiger partial charge in [-0.1, -0.05) is 30.3 Å². The van der Waals surface area contributed by atoms with Crippen molar-refractivity contribution in [3.8, 4) is 22.9 Å². The third kappa shape index (κ3) is 2.26. The Hall–Kier alpha value is -3.28. The van der Waals surface area contributed by atoms with Gasteiger partial charge >= 0.3 is 0 Å². The molecule has 3 aromatic heterocycles. The van der Waals surface area contributed by atoms with Crippen molar-refractivity contribution in [2.45, 2.75) is 0 Å². The summed E-state index contributed by atoms with van der Waals surface area (Å²) >= 11 is 0. The molecule has 0 aliphatic heterocycles. The van der Waals surface area contributed by atoms with E-state index >= 15 is 0 Å². The Bertz CT molecular complexity index is 906. The molecule has 0 unspecified atom stereocenters. The van der Waals surface area contributed by atoms with Gasteiger partial charge in [-0.3, -0.25) is 4.98 Å². The van der Waals surface area contributed by atoms with Gasteiger partial charge in [-0.25, -0.2) is 4.98 Å². The van der Waals surface area contributed by atoms with Gasteiger partial charge < -0.3 is 4.74 Å². The first-order chi connectivity index (χ1) is 10.9. The minimum atomic E-state index is 0.491. The van der Waals surface area contributed by atoms with Crippen LogP contribution in [0.2, 0.25) is 0 Å². The first-order valence-corrected chi connectivity index (χ1v) is 6.74. The van der Waals surface area contributed by atoms with Crippen LogP contribution in [0.15, 0.2) is 67.3 Å². The number of hydrogen-bond acceptors (Lipinski definition) is 5. The predicted molar refractivity (Wildman–Crippen MR) is 80.5 cm³/mol. The maximum atomic E-state index is 5.89. The quantitative estimate of drug-likeness (QED) is 0.580. The zero-order valence-corrected chi connectivity index (χ0v) is 11.5. The lowest BCUT2D eigenvalue weighted by Gasteiger charge is -2.08. The molecule has 0 bridgehead atoms. The molecule has 0 N–H and O–H groups in total. The van der Waals surface area contributed by atoms with E-state index in [0.29, 0.717) is 17.4 Å². The Kier molecular flexibility index (Phi) is 2.97. The van der Waals surface area contributed by atoms with E-state index < -0.39 is 0 Å². The fraction of sp³-hybridized carbons (Fsp3) is 0. The van der Waals surface area contributed by atoms with Crippen LogP contribution in [0.3, 0.4) is 0 Å². The molecule has 106 valence electrons. The Morgan fingerprint density at radius 2 is 1.77 bits per heavy atom. The van der Waals surface area contributed by atoms with Gasteiger partial charge in [-0.15, -0.1) is 0 Å². The first-order valence-electron chi connectivity index (χ1n) is 6.74. The van der Waals surface area contributed by atoms with E-state index in [0.717, 1.165) is 11.3 Å². The van der Waals surface area contributed by atoms with Gasteiger partial charge in [0.2, 0.25) is 5.88 Å². The monoisotopic (exact) mass is 289 g/mol. The fourth-order valence-corrected chi connectivity index (χ4v) is 2.14. The van der Waals surface area contributed by atoms with E-state index in [1.807, 2.05) is 36.4 Å². The van der Waals surface area contributed by atoms with Crippen LogP contribution in [-0.4, -0.2) is 24.6 Å². The number of benzene rings is 1. The average molecular weight is 289 g/mol. The maximum absolute atomic E-state index is 5.89. The van der Waals surface area contributed by atoms with Gasteiger partial charge in [0.15, 0.2) is 0 Å². The zero-order chi connectivity index (χ0) is 14.8. The van der Waals surface area contributed by atoms with Crippen molar-refractivity contribution in [1.29, 1.82) is 0 Å². The molecule has 3 heterocycles. The minimum Gasteiger partial charge on any atom is -0.439 e. The van der Waals surface area contributed by atoms with Gasteiger partial charge in [0, 0.05) is 24.0 Å². The molecule has 0 saturated heterocycles. The molecule has 1 aromatic carbocycles. The van der Waals surface area contributed by atoms with Crippen molar-refractivity contribution in [3.05, 3.63) is 67.3 Å². The van der Waals surface area contributed by atoms with E-state index in [4.69, 9.17) is 4.74 Å². The molecule has 0 saturated carbocycles. The highest BCUT2D eigenvalue weighted by molar-refractivity contribution is 5.62. The highest BCUT2D eigenvalue weighted by Crippen LogP contribution is 2.25. The number of rotatable bonds is 3. The number of aromatic nitrogens is 5. The number of pyridine rings is 1. The van der Waals surface area contributed by atoms with Crippen LogP contribution >= 0.6 is 0 Å². The van der Waals surface area contributed by atoms with Crippen LogP contribution in [0.1, 0.15) is 0 Å².